The molecule has 3 aromatic carbocycles. The van der Waals surface area contributed by atoms with Crippen molar-refractivity contribution in [1.82, 2.24) is 20.1 Å². The molecule has 5 rings (SSSR count). The number of carbonyl (C=O) groups excluding carboxylic acids is 2. The molecule has 184 valence electrons. The van der Waals surface area contributed by atoms with E-state index in [1.807, 2.05) is 66.9 Å². The Kier molecular flexibility index (Phi) is 6.54. The van der Waals surface area contributed by atoms with Crippen molar-refractivity contribution in [3.63, 3.8) is 0 Å². The number of nitrogens with one attached hydrogen (secondary N) is 1. The Hall–Kier alpha value is -4.36. The smallest absolute Gasteiger partial charge is 0.249 e. The van der Waals surface area contributed by atoms with Crippen molar-refractivity contribution in [1.29, 1.82) is 0 Å². The van der Waals surface area contributed by atoms with Crippen LogP contribution in [-0.2, 0) is 4.79 Å². The van der Waals surface area contributed by atoms with Crippen LogP contribution in [0.3, 0.4) is 0 Å². The lowest BCUT2D eigenvalue weighted by Crippen LogP contribution is -2.27. The Morgan fingerprint density at radius 3 is 2.51 bits per heavy atom. The first kappa shape index (κ1) is 24.3. The summed E-state index contributed by atoms with van der Waals surface area (Å²) in [5, 5.41) is 12.1. The number of hydrogen-bond acceptors (Lipinski definition) is 5. The van der Waals surface area contributed by atoms with E-state index < -0.39 is 6.04 Å². The highest BCUT2D eigenvalue weighted by Crippen LogP contribution is 2.36. The number of benzene rings is 3. The first-order chi connectivity index (χ1) is 17.9. The first-order valence-electron chi connectivity index (χ1n) is 11.8. The maximum Gasteiger partial charge on any atom is 0.249 e. The normalized spacial score (nSPS) is 14.1. The monoisotopic (exact) mass is 509 g/mol. The van der Waals surface area contributed by atoms with Gasteiger partial charge in [-0.05, 0) is 55.3 Å². The molecule has 1 N–H and O–H groups in total. The molecule has 0 bridgehead atoms. The summed E-state index contributed by atoms with van der Waals surface area (Å²) in [6.07, 6.45) is 0.831. The maximum atomic E-state index is 12.8. The summed E-state index contributed by atoms with van der Waals surface area (Å²) in [5.41, 5.74) is 5.82. The molecule has 37 heavy (non-hydrogen) atoms. The van der Waals surface area contributed by atoms with Crippen molar-refractivity contribution in [2.45, 2.75) is 19.9 Å². The van der Waals surface area contributed by atoms with E-state index in [-0.39, 0.29) is 11.5 Å². The third-order valence-corrected chi connectivity index (χ3v) is 6.53. The molecule has 0 fully saturated rings. The van der Waals surface area contributed by atoms with Crippen LogP contribution in [0.15, 0.2) is 83.9 Å². The molecule has 0 saturated carbocycles. The van der Waals surface area contributed by atoms with E-state index in [1.165, 1.54) is 0 Å². The third-order valence-electron chi connectivity index (χ3n) is 6.28. The highest BCUT2D eigenvalue weighted by Gasteiger charge is 2.32. The summed E-state index contributed by atoms with van der Waals surface area (Å²) in [5.74, 6) is 0.874. The summed E-state index contributed by atoms with van der Waals surface area (Å²) < 4.78 is 1.92. The molecular formula is C29H24ClN5O2. The molecule has 1 unspecified atom stereocenters. The summed E-state index contributed by atoms with van der Waals surface area (Å²) in [4.78, 5) is 29.3. The third kappa shape index (κ3) is 4.49. The van der Waals surface area contributed by atoms with E-state index in [4.69, 9.17) is 16.6 Å². The van der Waals surface area contributed by atoms with Gasteiger partial charge in [-0.25, -0.2) is 0 Å². The number of halogens is 1. The number of rotatable bonds is 6. The number of nitrogens with zero attached hydrogens (tertiary/aromatic N) is 4. The predicted molar refractivity (Wildman–Crippen MR) is 145 cm³/mol. The Bertz CT molecular complexity index is 1570. The minimum Gasteiger partial charge on any atom is -0.353 e. The topological polar surface area (TPSA) is 89.2 Å². The molecule has 7 nitrogen and oxygen atoms in total. The number of hydrogen-bond donors (Lipinski definition) is 1. The number of likely N-dealkylation sites (N-methyl/N-ethyl adjacent to an activating group) is 1. The lowest BCUT2D eigenvalue weighted by atomic mass is 9.95. The van der Waals surface area contributed by atoms with Gasteiger partial charge in [0.2, 0.25) is 5.91 Å². The van der Waals surface area contributed by atoms with E-state index >= 15 is 0 Å². The molecule has 1 aliphatic rings. The van der Waals surface area contributed by atoms with Gasteiger partial charge in [0, 0.05) is 33.8 Å². The van der Waals surface area contributed by atoms with Gasteiger partial charge in [-0.15, -0.1) is 10.2 Å². The number of aromatic nitrogens is 3. The largest absolute Gasteiger partial charge is 0.353 e. The number of aldehydes is 1. The van der Waals surface area contributed by atoms with E-state index in [1.54, 1.807) is 18.2 Å². The molecule has 0 aliphatic carbocycles. The minimum absolute atomic E-state index is 0.272. The molecule has 0 radical (unpaired) electrons. The molecular weight excluding hydrogens is 486 g/mol. The molecule has 0 saturated heterocycles. The Labute approximate surface area is 219 Å². The quantitative estimate of drug-likeness (QED) is 0.282. The zero-order valence-corrected chi connectivity index (χ0v) is 21.2. The van der Waals surface area contributed by atoms with E-state index in [0.717, 1.165) is 34.2 Å². The van der Waals surface area contributed by atoms with Crippen LogP contribution >= 0.6 is 11.6 Å². The Morgan fingerprint density at radius 1 is 1.05 bits per heavy atom. The van der Waals surface area contributed by atoms with Gasteiger partial charge in [-0.1, -0.05) is 54.6 Å². The van der Waals surface area contributed by atoms with Gasteiger partial charge in [-0.2, -0.15) is 0 Å². The van der Waals surface area contributed by atoms with Gasteiger partial charge >= 0.3 is 0 Å². The molecule has 0 spiro atoms. The van der Waals surface area contributed by atoms with Crippen LogP contribution in [0.2, 0.25) is 5.02 Å². The fourth-order valence-corrected chi connectivity index (χ4v) is 4.60. The molecule has 4 aromatic rings. The van der Waals surface area contributed by atoms with Gasteiger partial charge in [0.25, 0.3) is 0 Å². The molecule has 1 amide bonds. The van der Waals surface area contributed by atoms with Gasteiger partial charge in [0.15, 0.2) is 5.82 Å². The zero-order valence-electron chi connectivity index (χ0n) is 20.4. The number of carbonyl (C=O) groups is 2. The summed E-state index contributed by atoms with van der Waals surface area (Å²) in [6, 6.07) is 20.1. The van der Waals surface area contributed by atoms with Gasteiger partial charge in [-0.3, -0.25) is 19.1 Å². The first-order valence-corrected chi connectivity index (χ1v) is 12.2. The number of amides is 1. The van der Waals surface area contributed by atoms with Crippen LogP contribution in [-0.4, -0.2) is 39.2 Å². The molecule has 2 heterocycles. The number of aryl methyl sites for hydroxylation is 1. The molecule has 1 aromatic heterocycles. The molecule has 1 aliphatic heterocycles. The minimum atomic E-state index is -0.757. The van der Waals surface area contributed by atoms with E-state index in [2.05, 4.69) is 22.1 Å². The highest BCUT2D eigenvalue weighted by molar-refractivity contribution is 6.30. The predicted octanol–water partition coefficient (Wildman–Crippen LogP) is 5.29. The van der Waals surface area contributed by atoms with Gasteiger partial charge < -0.3 is 5.32 Å². The SMILES string of the molecule is C=C(C(=O)NCC)C1N=C(c2ccc(Cl)cc2)c2cc(-c3cccc(C=O)c3)ccc2-n2c(C)nnc21. The van der Waals surface area contributed by atoms with Crippen LogP contribution in [0.25, 0.3) is 16.8 Å². The Morgan fingerprint density at radius 2 is 1.78 bits per heavy atom. The van der Waals surface area contributed by atoms with Gasteiger partial charge in [0.1, 0.15) is 18.2 Å². The second-order valence-electron chi connectivity index (χ2n) is 8.69. The van der Waals surface area contributed by atoms with Crippen LogP contribution in [0.5, 0.6) is 0 Å². The van der Waals surface area contributed by atoms with E-state index in [9.17, 15) is 9.59 Å². The zero-order chi connectivity index (χ0) is 26.1. The lowest BCUT2D eigenvalue weighted by molar-refractivity contribution is -0.117. The van der Waals surface area contributed by atoms with E-state index in [0.29, 0.717) is 34.5 Å². The van der Waals surface area contributed by atoms with Crippen molar-refractivity contribution in [2.24, 2.45) is 4.99 Å². The summed E-state index contributed by atoms with van der Waals surface area (Å²) >= 11 is 6.19. The van der Waals surface area contributed by atoms with Crippen molar-refractivity contribution in [3.05, 3.63) is 112 Å². The standard InChI is InChI=1S/C29H24ClN5O2/c1-4-31-29(37)17(2)26-28-34-33-18(3)35(28)25-13-10-22(21-7-5-6-19(14-21)16-36)15-24(25)27(32-26)20-8-11-23(30)12-9-20/h5-16,26H,2,4H2,1,3H3,(H,31,37). The van der Waals surface area contributed by atoms with Crippen molar-refractivity contribution in [2.75, 3.05) is 6.54 Å². The lowest BCUT2D eigenvalue weighted by Gasteiger charge is -2.15. The van der Waals surface area contributed by atoms with Crippen molar-refractivity contribution < 1.29 is 9.59 Å². The van der Waals surface area contributed by atoms with Crippen LogP contribution in [0, 0.1) is 6.92 Å². The van der Waals surface area contributed by atoms with Crippen LogP contribution in [0.4, 0.5) is 0 Å². The average molecular weight is 510 g/mol. The summed E-state index contributed by atoms with van der Waals surface area (Å²) in [6.45, 7) is 8.26. The molecule has 1 atom stereocenters. The number of aliphatic imine (C=N–C) groups is 1. The van der Waals surface area contributed by atoms with Crippen molar-refractivity contribution in [3.8, 4) is 16.8 Å². The van der Waals surface area contributed by atoms with Crippen molar-refractivity contribution >= 4 is 29.5 Å². The number of fused-ring (bicyclic) bond motifs is 3. The Balaban J connectivity index is 1.78. The average Bonchev–Trinajstić information content (AvgIpc) is 3.23. The maximum absolute atomic E-state index is 12.8. The highest BCUT2D eigenvalue weighted by atomic mass is 35.5. The fraction of sp³-hybridized carbons (Fsp3) is 0.138. The second kappa shape index (κ2) is 9.95. The van der Waals surface area contributed by atoms with Crippen LogP contribution < -0.4 is 5.32 Å². The van der Waals surface area contributed by atoms with Gasteiger partial charge in [0.05, 0.1) is 11.4 Å². The van der Waals surface area contributed by atoms with Crippen LogP contribution in [0.1, 0.15) is 46.1 Å². The fourth-order valence-electron chi connectivity index (χ4n) is 4.47. The molecule has 8 heteroatoms. The summed E-state index contributed by atoms with van der Waals surface area (Å²) in [7, 11) is 0. The second-order valence-corrected chi connectivity index (χ2v) is 9.12.